The number of amides is 1. The predicted molar refractivity (Wildman–Crippen MR) is 85.4 cm³/mol. The summed E-state index contributed by atoms with van der Waals surface area (Å²) in [5.74, 6) is 0.357. The van der Waals surface area contributed by atoms with Crippen LogP contribution in [0.15, 0.2) is 41.2 Å². The van der Waals surface area contributed by atoms with Gasteiger partial charge in [-0.3, -0.25) is 9.59 Å². The van der Waals surface area contributed by atoms with Crippen LogP contribution in [0.1, 0.15) is 28.5 Å². The van der Waals surface area contributed by atoms with Crippen LogP contribution in [0.4, 0.5) is 0 Å². The van der Waals surface area contributed by atoms with Crippen molar-refractivity contribution in [3.8, 4) is 5.75 Å². The standard InChI is InChI=1S/C17H20N2O3/c1-11-5-4-6-14(9-11)22-10-13(3)19-17(21)15-8-7-12(2)18-16(15)20/h4-9,13H,10H2,1-3H3,(H,18,20)(H,19,21)/t13-/m1/s1. The van der Waals surface area contributed by atoms with Gasteiger partial charge in [0.05, 0.1) is 6.04 Å². The minimum absolute atomic E-state index is 0.105. The zero-order valence-electron chi connectivity index (χ0n) is 13.0. The average Bonchev–Trinajstić information content (AvgIpc) is 2.45. The Morgan fingerprint density at radius 2 is 2.05 bits per heavy atom. The molecule has 0 bridgehead atoms. The molecule has 0 unspecified atom stereocenters. The summed E-state index contributed by atoms with van der Waals surface area (Å²) in [6.45, 7) is 5.91. The molecular weight excluding hydrogens is 280 g/mol. The van der Waals surface area contributed by atoms with Crippen LogP contribution < -0.4 is 15.6 Å². The number of hydrogen-bond acceptors (Lipinski definition) is 3. The summed E-state index contributed by atoms with van der Waals surface area (Å²) in [6, 6.07) is 10.7. The lowest BCUT2D eigenvalue weighted by Gasteiger charge is -2.15. The zero-order valence-corrected chi connectivity index (χ0v) is 13.0. The molecule has 0 spiro atoms. The zero-order chi connectivity index (χ0) is 16.1. The third-order valence-electron chi connectivity index (χ3n) is 3.17. The van der Waals surface area contributed by atoms with Gasteiger partial charge in [-0.25, -0.2) is 0 Å². The SMILES string of the molecule is Cc1cccc(OC[C@@H](C)NC(=O)c2ccc(C)[nH]c2=O)c1. The second-order valence-corrected chi connectivity index (χ2v) is 5.39. The first-order chi connectivity index (χ1) is 10.5. The highest BCUT2D eigenvalue weighted by Gasteiger charge is 2.13. The normalized spacial score (nSPS) is 11.8. The van der Waals surface area contributed by atoms with E-state index < -0.39 is 5.91 Å². The molecule has 0 saturated carbocycles. The fourth-order valence-electron chi connectivity index (χ4n) is 2.02. The number of aromatic amines is 1. The number of benzene rings is 1. The number of carbonyl (C=O) groups excluding carboxylic acids is 1. The molecule has 1 atom stereocenters. The number of ether oxygens (including phenoxy) is 1. The minimum atomic E-state index is -0.401. The Hall–Kier alpha value is -2.56. The molecule has 0 aliphatic rings. The highest BCUT2D eigenvalue weighted by Crippen LogP contribution is 2.12. The second-order valence-electron chi connectivity index (χ2n) is 5.39. The van der Waals surface area contributed by atoms with Crippen LogP contribution in [0.25, 0.3) is 0 Å². The Balaban J connectivity index is 1.92. The van der Waals surface area contributed by atoms with Crippen LogP contribution >= 0.6 is 0 Å². The van der Waals surface area contributed by atoms with E-state index in [1.807, 2.05) is 38.1 Å². The van der Waals surface area contributed by atoms with Gasteiger partial charge in [-0.2, -0.15) is 0 Å². The Morgan fingerprint density at radius 1 is 1.27 bits per heavy atom. The molecule has 0 fully saturated rings. The molecule has 0 aliphatic carbocycles. The first kappa shape index (κ1) is 15.8. The van der Waals surface area contributed by atoms with E-state index in [-0.39, 0.29) is 17.2 Å². The van der Waals surface area contributed by atoms with E-state index in [1.54, 1.807) is 13.0 Å². The molecule has 0 aliphatic heterocycles. The summed E-state index contributed by atoms with van der Waals surface area (Å²) in [4.78, 5) is 26.4. The van der Waals surface area contributed by atoms with Crippen LogP contribution in [0.5, 0.6) is 5.75 Å². The maximum Gasteiger partial charge on any atom is 0.260 e. The molecule has 1 aromatic carbocycles. The fourth-order valence-corrected chi connectivity index (χ4v) is 2.02. The lowest BCUT2D eigenvalue weighted by atomic mass is 10.2. The molecule has 0 saturated heterocycles. The number of nitrogens with one attached hydrogen (secondary N) is 2. The molecule has 2 aromatic rings. The van der Waals surface area contributed by atoms with Gasteiger partial charge in [0.25, 0.3) is 11.5 Å². The third kappa shape index (κ3) is 4.22. The molecule has 0 radical (unpaired) electrons. The quantitative estimate of drug-likeness (QED) is 0.889. The largest absolute Gasteiger partial charge is 0.491 e. The number of H-pyrrole nitrogens is 1. The van der Waals surface area contributed by atoms with E-state index >= 15 is 0 Å². The number of aryl methyl sites for hydroxylation is 2. The Bertz CT molecular complexity index is 722. The van der Waals surface area contributed by atoms with Gasteiger partial charge in [0.15, 0.2) is 0 Å². The van der Waals surface area contributed by atoms with E-state index in [4.69, 9.17) is 4.74 Å². The van der Waals surface area contributed by atoms with Crippen molar-refractivity contribution in [2.75, 3.05) is 6.61 Å². The van der Waals surface area contributed by atoms with Crippen molar-refractivity contribution >= 4 is 5.91 Å². The summed E-state index contributed by atoms with van der Waals surface area (Å²) in [5.41, 5.74) is 1.55. The van der Waals surface area contributed by atoms with Crippen molar-refractivity contribution in [1.82, 2.24) is 10.3 Å². The number of carbonyl (C=O) groups is 1. The highest BCUT2D eigenvalue weighted by molar-refractivity contribution is 5.93. The Kier molecular flexibility index (Phi) is 4.99. The van der Waals surface area contributed by atoms with Crippen LogP contribution in [-0.4, -0.2) is 23.5 Å². The summed E-state index contributed by atoms with van der Waals surface area (Å²) in [6.07, 6.45) is 0. The number of aromatic nitrogens is 1. The lowest BCUT2D eigenvalue weighted by Crippen LogP contribution is -2.39. The molecule has 5 heteroatoms. The molecule has 2 N–H and O–H groups in total. The minimum Gasteiger partial charge on any atom is -0.491 e. The molecule has 5 nitrogen and oxygen atoms in total. The van der Waals surface area contributed by atoms with E-state index in [0.29, 0.717) is 6.61 Å². The predicted octanol–water partition coefficient (Wildman–Crippen LogP) is 2.19. The topological polar surface area (TPSA) is 71.2 Å². The summed E-state index contributed by atoms with van der Waals surface area (Å²) < 4.78 is 5.63. The maximum absolute atomic E-state index is 12.1. The average molecular weight is 300 g/mol. The maximum atomic E-state index is 12.1. The molecule has 1 heterocycles. The smallest absolute Gasteiger partial charge is 0.260 e. The Labute approximate surface area is 129 Å². The van der Waals surface area contributed by atoms with Crippen LogP contribution in [-0.2, 0) is 0 Å². The molecule has 22 heavy (non-hydrogen) atoms. The second kappa shape index (κ2) is 6.93. The van der Waals surface area contributed by atoms with E-state index in [9.17, 15) is 9.59 Å². The van der Waals surface area contributed by atoms with Gasteiger partial charge < -0.3 is 15.0 Å². The van der Waals surface area contributed by atoms with Crippen LogP contribution in [0.2, 0.25) is 0 Å². The van der Waals surface area contributed by atoms with E-state index in [2.05, 4.69) is 10.3 Å². The lowest BCUT2D eigenvalue weighted by molar-refractivity contribution is 0.0925. The van der Waals surface area contributed by atoms with E-state index in [1.165, 1.54) is 6.07 Å². The van der Waals surface area contributed by atoms with E-state index in [0.717, 1.165) is 17.0 Å². The van der Waals surface area contributed by atoms with Gasteiger partial charge >= 0.3 is 0 Å². The first-order valence-corrected chi connectivity index (χ1v) is 7.16. The third-order valence-corrected chi connectivity index (χ3v) is 3.17. The van der Waals surface area contributed by atoms with Crippen molar-refractivity contribution in [1.29, 1.82) is 0 Å². The van der Waals surface area contributed by atoms with Crippen molar-refractivity contribution < 1.29 is 9.53 Å². The van der Waals surface area contributed by atoms with Crippen molar-refractivity contribution in [2.24, 2.45) is 0 Å². The monoisotopic (exact) mass is 300 g/mol. The Morgan fingerprint density at radius 3 is 2.73 bits per heavy atom. The summed E-state index contributed by atoms with van der Waals surface area (Å²) in [7, 11) is 0. The molecule has 2 rings (SSSR count). The summed E-state index contributed by atoms with van der Waals surface area (Å²) >= 11 is 0. The van der Waals surface area contributed by atoms with Gasteiger partial charge in [0.1, 0.15) is 17.9 Å². The molecule has 1 amide bonds. The van der Waals surface area contributed by atoms with Gasteiger partial charge in [0, 0.05) is 5.69 Å². The van der Waals surface area contributed by atoms with Crippen molar-refractivity contribution in [2.45, 2.75) is 26.8 Å². The van der Waals surface area contributed by atoms with Gasteiger partial charge in [-0.05, 0) is 50.6 Å². The van der Waals surface area contributed by atoms with Crippen molar-refractivity contribution in [3.63, 3.8) is 0 Å². The highest BCUT2D eigenvalue weighted by atomic mass is 16.5. The number of pyridine rings is 1. The van der Waals surface area contributed by atoms with Crippen molar-refractivity contribution in [3.05, 3.63) is 63.6 Å². The van der Waals surface area contributed by atoms with Crippen LogP contribution in [0.3, 0.4) is 0 Å². The van der Waals surface area contributed by atoms with Crippen LogP contribution in [0, 0.1) is 13.8 Å². The first-order valence-electron chi connectivity index (χ1n) is 7.16. The molecular formula is C17H20N2O3. The number of hydrogen-bond donors (Lipinski definition) is 2. The molecule has 116 valence electrons. The van der Waals surface area contributed by atoms with Gasteiger partial charge in [-0.1, -0.05) is 12.1 Å². The number of rotatable bonds is 5. The molecule has 1 aromatic heterocycles. The fraction of sp³-hybridized carbons (Fsp3) is 0.294. The van der Waals surface area contributed by atoms with Gasteiger partial charge in [0.2, 0.25) is 0 Å². The summed E-state index contributed by atoms with van der Waals surface area (Å²) in [5, 5.41) is 2.76. The van der Waals surface area contributed by atoms with Gasteiger partial charge in [-0.15, -0.1) is 0 Å².